The van der Waals surface area contributed by atoms with E-state index in [1.54, 1.807) is 0 Å². The molecule has 0 aromatic heterocycles. The highest BCUT2D eigenvalue weighted by molar-refractivity contribution is 5.77. The minimum atomic E-state index is -0.0625. The van der Waals surface area contributed by atoms with Gasteiger partial charge < -0.3 is 10.1 Å². The SMILES string of the molecule is CCC[C@H](C)NC(=O)COc1cccc(C)c1. The molecular formula is C14H21NO2. The lowest BCUT2D eigenvalue weighted by atomic mass is 10.2. The predicted octanol–water partition coefficient (Wildman–Crippen LogP) is 2.68. The number of carbonyl (C=O) groups excluding carboxylic acids is 1. The van der Waals surface area contributed by atoms with E-state index in [1.807, 2.05) is 38.1 Å². The number of amides is 1. The van der Waals surface area contributed by atoms with Gasteiger partial charge in [-0.2, -0.15) is 0 Å². The third-order valence-electron chi connectivity index (χ3n) is 2.49. The number of nitrogens with one attached hydrogen (secondary N) is 1. The Labute approximate surface area is 103 Å². The summed E-state index contributed by atoms with van der Waals surface area (Å²) >= 11 is 0. The molecule has 0 saturated heterocycles. The topological polar surface area (TPSA) is 38.3 Å². The molecule has 3 heteroatoms. The molecule has 0 aliphatic carbocycles. The third-order valence-corrected chi connectivity index (χ3v) is 2.49. The first kappa shape index (κ1) is 13.6. The molecule has 0 saturated carbocycles. The van der Waals surface area contributed by atoms with Crippen LogP contribution in [0.3, 0.4) is 0 Å². The van der Waals surface area contributed by atoms with E-state index in [2.05, 4.69) is 12.2 Å². The minimum Gasteiger partial charge on any atom is -0.484 e. The van der Waals surface area contributed by atoms with E-state index in [0.29, 0.717) is 0 Å². The summed E-state index contributed by atoms with van der Waals surface area (Å²) in [5.41, 5.74) is 1.13. The molecule has 17 heavy (non-hydrogen) atoms. The van der Waals surface area contributed by atoms with Crippen LogP contribution in [-0.4, -0.2) is 18.6 Å². The van der Waals surface area contributed by atoms with Crippen molar-refractivity contribution in [2.24, 2.45) is 0 Å². The maximum Gasteiger partial charge on any atom is 0.258 e. The molecule has 1 aromatic carbocycles. The van der Waals surface area contributed by atoms with Crippen LogP contribution in [-0.2, 0) is 4.79 Å². The van der Waals surface area contributed by atoms with Crippen LogP contribution >= 0.6 is 0 Å². The van der Waals surface area contributed by atoms with Crippen LogP contribution in [0.1, 0.15) is 32.3 Å². The van der Waals surface area contributed by atoms with Gasteiger partial charge in [-0.05, 0) is 38.0 Å². The van der Waals surface area contributed by atoms with Gasteiger partial charge in [-0.25, -0.2) is 0 Å². The van der Waals surface area contributed by atoms with Crippen LogP contribution in [0, 0.1) is 6.92 Å². The summed E-state index contributed by atoms with van der Waals surface area (Å²) in [7, 11) is 0. The number of carbonyl (C=O) groups is 1. The monoisotopic (exact) mass is 235 g/mol. The Morgan fingerprint density at radius 2 is 2.24 bits per heavy atom. The van der Waals surface area contributed by atoms with E-state index in [4.69, 9.17) is 4.74 Å². The summed E-state index contributed by atoms with van der Waals surface area (Å²) in [5, 5.41) is 2.90. The molecule has 1 N–H and O–H groups in total. The molecule has 1 amide bonds. The second kappa shape index (κ2) is 6.94. The Balaban J connectivity index is 2.33. The van der Waals surface area contributed by atoms with Crippen LogP contribution in [0.2, 0.25) is 0 Å². The molecule has 94 valence electrons. The highest BCUT2D eigenvalue weighted by Crippen LogP contribution is 2.11. The van der Waals surface area contributed by atoms with E-state index < -0.39 is 0 Å². The van der Waals surface area contributed by atoms with Gasteiger partial charge in [0, 0.05) is 6.04 Å². The Morgan fingerprint density at radius 1 is 1.47 bits per heavy atom. The summed E-state index contributed by atoms with van der Waals surface area (Å²) in [6.07, 6.45) is 2.07. The zero-order chi connectivity index (χ0) is 12.7. The summed E-state index contributed by atoms with van der Waals surface area (Å²) in [6.45, 7) is 6.19. The van der Waals surface area contributed by atoms with E-state index >= 15 is 0 Å². The summed E-state index contributed by atoms with van der Waals surface area (Å²) < 4.78 is 5.42. The van der Waals surface area contributed by atoms with Crippen molar-refractivity contribution < 1.29 is 9.53 Å². The fourth-order valence-electron chi connectivity index (χ4n) is 1.68. The van der Waals surface area contributed by atoms with Crippen molar-refractivity contribution in [1.29, 1.82) is 0 Å². The molecule has 1 aromatic rings. The summed E-state index contributed by atoms with van der Waals surface area (Å²) in [6, 6.07) is 7.91. The van der Waals surface area contributed by atoms with Crippen LogP contribution in [0.5, 0.6) is 5.75 Å². The smallest absolute Gasteiger partial charge is 0.258 e. The van der Waals surface area contributed by atoms with Gasteiger partial charge in [0.05, 0.1) is 0 Å². The lowest BCUT2D eigenvalue weighted by Crippen LogP contribution is -2.35. The number of aryl methyl sites for hydroxylation is 1. The quantitative estimate of drug-likeness (QED) is 0.823. The Bertz CT molecular complexity index is 363. The van der Waals surface area contributed by atoms with Gasteiger partial charge in [0.2, 0.25) is 0 Å². The highest BCUT2D eigenvalue weighted by Gasteiger charge is 2.06. The number of benzene rings is 1. The molecule has 0 bridgehead atoms. The van der Waals surface area contributed by atoms with E-state index in [0.717, 1.165) is 24.2 Å². The predicted molar refractivity (Wildman–Crippen MR) is 69.2 cm³/mol. The molecule has 0 unspecified atom stereocenters. The normalized spacial score (nSPS) is 11.9. The first-order chi connectivity index (χ1) is 8.11. The minimum absolute atomic E-state index is 0.0625. The second-order valence-electron chi connectivity index (χ2n) is 4.36. The van der Waals surface area contributed by atoms with Crippen molar-refractivity contribution in [2.45, 2.75) is 39.7 Å². The number of ether oxygens (including phenoxy) is 1. The highest BCUT2D eigenvalue weighted by atomic mass is 16.5. The standard InChI is InChI=1S/C14H21NO2/c1-4-6-12(3)15-14(16)10-17-13-8-5-7-11(2)9-13/h5,7-9,12H,4,6,10H2,1-3H3,(H,15,16)/t12-/m0/s1. The van der Waals surface area contributed by atoms with Gasteiger partial charge >= 0.3 is 0 Å². The van der Waals surface area contributed by atoms with Crippen molar-refractivity contribution in [3.05, 3.63) is 29.8 Å². The molecular weight excluding hydrogens is 214 g/mol. The van der Waals surface area contributed by atoms with Crippen molar-refractivity contribution in [1.82, 2.24) is 5.32 Å². The first-order valence-electron chi connectivity index (χ1n) is 6.10. The molecule has 0 heterocycles. The van der Waals surface area contributed by atoms with Gasteiger partial charge in [-0.15, -0.1) is 0 Å². The lowest BCUT2D eigenvalue weighted by Gasteiger charge is -2.13. The van der Waals surface area contributed by atoms with Crippen LogP contribution in [0.25, 0.3) is 0 Å². The lowest BCUT2D eigenvalue weighted by molar-refractivity contribution is -0.123. The van der Waals surface area contributed by atoms with Crippen molar-refractivity contribution in [2.75, 3.05) is 6.61 Å². The molecule has 1 rings (SSSR count). The van der Waals surface area contributed by atoms with Crippen molar-refractivity contribution in [3.63, 3.8) is 0 Å². The molecule has 1 atom stereocenters. The molecule has 0 aliphatic rings. The maximum atomic E-state index is 11.6. The van der Waals surface area contributed by atoms with E-state index in [1.165, 1.54) is 0 Å². The van der Waals surface area contributed by atoms with E-state index in [-0.39, 0.29) is 18.6 Å². The largest absolute Gasteiger partial charge is 0.484 e. The zero-order valence-electron chi connectivity index (χ0n) is 10.8. The zero-order valence-corrected chi connectivity index (χ0v) is 10.8. The van der Waals surface area contributed by atoms with Crippen LogP contribution in [0.15, 0.2) is 24.3 Å². The maximum absolute atomic E-state index is 11.6. The number of rotatable bonds is 6. The van der Waals surface area contributed by atoms with Crippen LogP contribution in [0.4, 0.5) is 0 Å². The van der Waals surface area contributed by atoms with Gasteiger partial charge in [0.25, 0.3) is 5.91 Å². The first-order valence-corrected chi connectivity index (χ1v) is 6.10. The molecule has 3 nitrogen and oxygen atoms in total. The Hall–Kier alpha value is -1.51. The fraction of sp³-hybridized carbons (Fsp3) is 0.500. The number of hydrogen-bond donors (Lipinski definition) is 1. The van der Waals surface area contributed by atoms with Crippen LogP contribution < -0.4 is 10.1 Å². The molecule has 0 aliphatic heterocycles. The summed E-state index contributed by atoms with van der Waals surface area (Å²) in [4.78, 5) is 11.6. The van der Waals surface area contributed by atoms with Gasteiger partial charge in [-0.3, -0.25) is 4.79 Å². The van der Waals surface area contributed by atoms with Crippen molar-refractivity contribution in [3.8, 4) is 5.75 Å². The Morgan fingerprint density at radius 3 is 2.88 bits per heavy atom. The van der Waals surface area contributed by atoms with Gasteiger partial charge in [-0.1, -0.05) is 25.5 Å². The second-order valence-corrected chi connectivity index (χ2v) is 4.36. The molecule has 0 fully saturated rings. The summed E-state index contributed by atoms with van der Waals surface area (Å²) in [5.74, 6) is 0.677. The van der Waals surface area contributed by atoms with Gasteiger partial charge in [0.1, 0.15) is 5.75 Å². The molecule has 0 spiro atoms. The average molecular weight is 235 g/mol. The molecule has 0 radical (unpaired) electrons. The number of hydrogen-bond acceptors (Lipinski definition) is 2. The fourth-order valence-corrected chi connectivity index (χ4v) is 1.68. The van der Waals surface area contributed by atoms with Gasteiger partial charge in [0.15, 0.2) is 6.61 Å². The average Bonchev–Trinajstić information content (AvgIpc) is 2.27. The van der Waals surface area contributed by atoms with Crippen molar-refractivity contribution >= 4 is 5.91 Å². The Kier molecular flexibility index (Phi) is 5.53. The van der Waals surface area contributed by atoms with E-state index in [9.17, 15) is 4.79 Å². The third kappa shape index (κ3) is 5.38.